The Balaban J connectivity index is 0.000000392. The average Bonchev–Trinajstić information content (AvgIpc) is 3.18. The van der Waals surface area contributed by atoms with Crippen molar-refractivity contribution < 1.29 is 34.3 Å². The minimum atomic E-state index is -1.26. The predicted octanol–water partition coefficient (Wildman–Crippen LogP) is 1.17. The number of pyridine rings is 1. The second kappa shape index (κ2) is 11.2. The highest BCUT2D eigenvalue weighted by atomic mass is 16.6. The molecule has 0 saturated carbocycles. The highest BCUT2D eigenvalue weighted by Crippen LogP contribution is 2.38. The van der Waals surface area contributed by atoms with E-state index in [0.717, 1.165) is 13.1 Å². The number of hydrogen-bond donors (Lipinski definition) is 3. The van der Waals surface area contributed by atoms with Crippen molar-refractivity contribution in [1.82, 2.24) is 14.8 Å². The molecule has 1 aromatic carbocycles. The molecular weight excluding hydrogens is 474 g/mol. The van der Waals surface area contributed by atoms with Gasteiger partial charge < -0.3 is 25.3 Å². The van der Waals surface area contributed by atoms with Crippen LogP contribution in [0.15, 0.2) is 48.7 Å². The Morgan fingerprint density at radius 3 is 2.25 bits per heavy atom. The van der Waals surface area contributed by atoms with Gasteiger partial charge in [-0.3, -0.25) is 24.7 Å². The van der Waals surface area contributed by atoms with Gasteiger partial charge in [0, 0.05) is 67.9 Å². The Bertz CT molecular complexity index is 1200. The lowest BCUT2D eigenvalue weighted by molar-refractivity contribution is -0.384. The number of carboxylic acid groups (broad SMARTS) is 2. The number of likely N-dealkylation sites (N-methyl/N-ethyl adjacent to an activating group) is 1. The van der Waals surface area contributed by atoms with E-state index in [1.54, 1.807) is 17.0 Å². The molecule has 2 aliphatic heterocycles. The quantitative estimate of drug-likeness (QED) is 0.308. The highest BCUT2D eigenvalue weighted by molar-refractivity contribution is 6.05. The predicted molar refractivity (Wildman–Crippen MR) is 126 cm³/mol. The molecule has 0 spiro atoms. The Labute approximate surface area is 204 Å². The topological polar surface area (TPSA) is 183 Å². The number of aliphatic carboxylic acids is 2. The standard InChI is InChI=1S/C19H19N5O4.C4H4O4/c1-22-6-8-23(9-7-22)19(26)12-2-4-16(20-11-12)17-14-10-13(24(27)28)3-5-15(14)21-18(17)25;5-3(6)1-2-4(7)8/h2-5,10-11,17H,6-9H2,1H3,(H,21,25);1-2H,(H,5,6)(H,7,8)/b;2-1+. The summed E-state index contributed by atoms with van der Waals surface area (Å²) in [6.07, 6.45) is 2.59. The molecule has 0 radical (unpaired) electrons. The number of anilines is 1. The van der Waals surface area contributed by atoms with E-state index >= 15 is 0 Å². The summed E-state index contributed by atoms with van der Waals surface area (Å²) in [6.45, 7) is 2.99. The Morgan fingerprint density at radius 2 is 1.72 bits per heavy atom. The number of aromatic nitrogens is 1. The number of benzene rings is 1. The van der Waals surface area contributed by atoms with Gasteiger partial charge in [-0.2, -0.15) is 0 Å². The van der Waals surface area contributed by atoms with Crippen LogP contribution < -0.4 is 5.32 Å². The molecular formula is C23H23N5O8. The van der Waals surface area contributed by atoms with Crippen LogP contribution in [-0.2, 0) is 14.4 Å². The number of carboxylic acids is 2. The maximum Gasteiger partial charge on any atom is 0.328 e. The Morgan fingerprint density at radius 1 is 1.08 bits per heavy atom. The number of hydrogen-bond acceptors (Lipinski definition) is 8. The minimum Gasteiger partial charge on any atom is -0.478 e. The van der Waals surface area contributed by atoms with E-state index in [4.69, 9.17) is 10.2 Å². The summed E-state index contributed by atoms with van der Waals surface area (Å²) in [5, 5.41) is 29.4. The molecule has 1 saturated heterocycles. The molecule has 2 aromatic rings. The van der Waals surface area contributed by atoms with Crippen LogP contribution in [0.4, 0.5) is 11.4 Å². The largest absolute Gasteiger partial charge is 0.478 e. The van der Waals surface area contributed by atoms with Crippen LogP contribution in [0.25, 0.3) is 0 Å². The third-order valence-corrected chi connectivity index (χ3v) is 5.57. The van der Waals surface area contributed by atoms with Crippen molar-refractivity contribution in [3.8, 4) is 0 Å². The lowest BCUT2D eigenvalue weighted by Gasteiger charge is -2.32. The number of non-ortho nitro benzene ring substituents is 1. The summed E-state index contributed by atoms with van der Waals surface area (Å²) in [7, 11) is 2.02. The fourth-order valence-electron chi connectivity index (χ4n) is 3.69. The molecule has 1 unspecified atom stereocenters. The van der Waals surface area contributed by atoms with Crippen LogP contribution in [-0.4, -0.2) is 86.9 Å². The molecule has 0 aliphatic carbocycles. The number of nitro benzene ring substituents is 1. The Hall–Kier alpha value is -4.65. The van der Waals surface area contributed by atoms with Gasteiger partial charge in [0.05, 0.1) is 16.2 Å². The smallest absolute Gasteiger partial charge is 0.328 e. The molecule has 1 atom stereocenters. The second-order valence-corrected chi connectivity index (χ2v) is 8.03. The number of carbonyl (C=O) groups is 4. The van der Waals surface area contributed by atoms with E-state index in [2.05, 4.69) is 15.2 Å². The first kappa shape index (κ1) is 26.0. The highest BCUT2D eigenvalue weighted by Gasteiger charge is 2.34. The molecule has 4 rings (SSSR count). The van der Waals surface area contributed by atoms with Crippen LogP contribution in [0.1, 0.15) is 27.5 Å². The van der Waals surface area contributed by atoms with Crippen LogP contribution in [0.5, 0.6) is 0 Å². The van der Waals surface area contributed by atoms with Gasteiger partial charge >= 0.3 is 11.9 Å². The van der Waals surface area contributed by atoms with Crippen LogP contribution in [0.2, 0.25) is 0 Å². The lowest BCUT2D eigenvalue weighted by atomic mass is 9.96. The van der Waals surface area contributed by atoms with Gasteiger partial charge in [-0.05, 0) is 25.2 Å². The first-order valence-corrected chi connectivity index (χ1v) is 10.7. The summed E-state index contributed by atoms with van der Waals surface area (Å²) in [5.74, 6) is -3.62. The number of rotatable bonds is 5. The monoisotopic (exact) mass is 497 g/mol. The van der Waals surface area contributed by atoms with Crippen LogP contribution in [0.3, 0.4) is 0 Å². The van der Waals surface area contributed by atoms with E-state index in [0.29, 0.717) is 47.7 Å². The number of amides is 2. The van der Waals surface area contributed by atoms with Gasteiger partial charge in [0.15, 0.2) is 0 Å². The molecule has 3 heterocycles. The zero-order chi connectivity index (χ0) is 26.4. The normalized spacial score (nSPS) is 17.1. The maximum atomic E-state index is 12.6. The molecule has 13 nitrogen and oxygen atoms in total. The van der Waals surface area contributed by atoms with Gasteiger partial charge in [0.2, 0.25) is 5.91 Å². The molecule has 36 heavy (non-hydrogen) atoms. The number of nitrogens with one attached hydrogen (secondary N) is 1. The minimum absolute atomic E-state index is 0.0814. The second-order valence-electron chi connectivity index (χ2n) is 8.03. The number of nitro groups is 1. The first-order chi connectivity index (χ1) is 17.1. The SMILES string of the molecule is CN1CCN(C(=O)c2ccc(C3C(=O)Nc4ccc([N+](=O)[O-])cc43)nc2)CC1.O=C(O)/C=C/C(=O)O. The molecule has 0 bridgehead atoms. The summed E-state index contributed by atoms with van der Waals surface area (Å²) >= 11 is 0. The number of carbonyl (C=O) groups excluding carboxylic acids is 2. The van der Waals surface area contributed by atoms with E-state index in [9.17, 15) is 29.3 Å². The van der Waals surface area contributed by atoms with Crippen LogP contribution in [0, 0.1) is 10.1 Å². The van der Waals surface area contributed by atoms with Crippen molar-refractivity contribution in [2.24, 2.45) is 0 Å². The number of nitrogens with zero attached hydrogens (tertiary/aromatic N) is 4. The zero-order valence-corrected chi connectivity index (χ0v) is 19.2. The van der Waals surface area contributed by atoms with Gasteiger partial charge in [-0.15, -0.1) is 0 Å². The first-order valence-electron chi connectivity index (χ1n) is 10.7. The number of piperazine rings is 1. The zero-order valence-electron chi connectivity index (χ0n) is 19.2. The molecule has 188 valence electrons. The van der Waals surface area contributed by atoms with Crippen molar-refractivity contribution >= 4 is 35.1 Å². The summed E-state index contributed by atoms with van der Waals surface area (Å²) in [4.78, 5) is 63.0. The average molecular weight is 497 g/mol. The van der Waals surface area contributed by atoms with Gasteiger partial charge in [-0.25, -0.2) is 9.59 Å². The number of fused-ring (bicyclic) bond motifs is 1. The van der Waals surface area contributed by atoms with E-state index in [-0.39, 0.29) is 17.5 Å². The molecule has 2 amide bonds. The summed E-state index contributed by atoms with van der Waals surface area (Å²) in [6, 6.07) is 7.57. The van der Waals surface area contributed by atoms with Crippen molar-refractivity contribution in [3.63, 3.8) is 0 Å². The van der Waals surface area contributed by atoms with Crippen LogP contribution >= 0.6 is 0 Å². The van der Waals surface area contributed by atoms with Crippen molar-refractivity contribution in [3.05, 3.63) is 75.6 Å². The Kier molecular flexibility index (Phi) is 8.07. The fourth-order valence-corrected chi connectivity index (χ4v) is 3.69. The van der Waals surface area contributed by atoms with Gasteiger partial charge in [0.25, 0.3) is 11.6 Å². The molecule has 2 aliphatic rings. The third kappa shape index (κ3) is 6.27. The summed E-state index contributed by atoms with van der Waals surface area (Å²) in [5.41, 5.74) is 1.89. The van der Waals surface area contributed by atoms with Crippen molar-refractivity contribution in [2.75, 3.05) is 38.5 Å². The molecule has 1 fully saturated rings. The van der Waals surface area contributed by atoms with Crippen molar-refractivity contribution in [1.29, 1.82) is 0 Å². The fraction of sp³-hybridized carbons (Fsp3) is 0.261. The lowest BCUT2D eigenvalue weighted by Crippen LogP contribution is -2.47. The van der Waals surface area contributed by atoms with E-state index in [1.165, 1.54) is 24.4 Å². The maximum absolute atomic E-state index is 12.6. The molecule has 13 heteroatoms. The van der Waals surface area contributed by atoms with Crippen molar-refractivity contribution in [2.45, 2.75) is 5.92 Å². The third-order valence-electron chi connectivity index (χ3n) is 5.57. The molecule has 1 aromatic heterocycles. The van der Waals surface area contributed by atoms with Gasteiger partial charge in [-0.1, -0.05) is 0 Å². The summed E-state index contributed by atoms with van der Waals surface area (Å²) < 4.78 is 0. The van der Waals surface area contributed by atoms with Gasteiger partial charge in [0.1, 0.15) is 5.92 Å². The molecule has 3 N–H and O–H groups in total. The van der Waals surface area contributed by atoms with E-state index in [1.807, 2.05) is 7.05 Å². The van der Waals surface area contributed by atoms with E-state index < -0.39 is 22.8 Å².